The second kappa shape index (κ2) is 5.66. The van der Waals surface area contributed by atoms with Crippen molar-refractivity contribution in [3.05, 3.63) is 24.0 Å². The maximum atomic E-state index is 10.8. The Morgan fingerprint density at radius 1 is 1.53 bits per heavy atom. The lowest BCUT2D eigenvalue weighted by Crippen LogP contribution is -1.97. The van der Waals surface area contributed by atoms with Gasteiger partial charge in [-0.25, -0.2) is 0 Å². The van der Waals surface area contributed by atoms with Crippen LogP contribution in [0.4, 0.5) is 0 Å². The van der Waals surface area contributed by atoms with Crippen LogP contribution in [0, 0.1) is 11.8 Å². The van der Waals surface area contributed by atoms with E-state index in [-0.39, 0.29) is 12.4 Å². The molecule has 0 spiro atoms. The highest BCUT2D eigenvalue weighted by molar-refractivity contribution is 5.72. The number of hydrogen-bond acceptors (Lipinski definition) is 4. The zero-order valence-electron chi connectivity index (χ0n) is 8.61. The van der Waals surface area contributed by atoms with Gasteiger partial charge in [-0.05, 0) is 6.07 Å². The quantitative estimate of drug-likeness (QED) is 0.534. The van der Waals surface area contributed by atoms with Crippen LogP contribution in [-0.2, 0) is 9.53 Å². The molecular formula is C11H11NO3. The van der Waals surface area contributed by atoms with Crippen molar-refractivity contribution in [3.63, 3.8) is 0 Å². The highest BCUT2D eigenvalue weighted by Crippen LogP contribution is 2.13. The third-order valence-corrected chi connectivity index (χ3v) is 1.68. The Bertz CT molecular complexity index is 404. The molecule has 1 rings (SSSR count). The van der Waals surface area contributed by atoms with E-state index >= 15 is 0 Å². The standard InChI is InChI=1S/C11H11NO3/c1-14-10-6-7-12-8-9(10)4-3-5-11(13)15-2/h6-8H,5H2,1-2H3. The summed E-state index contributed by atoms with van der Waals surface area (Å²) >= 11 is 0. The summed E-state index contributed by atoms with van der Waals surface area (Å²) in [6.45, 7) is 0. The summed E-state index contributed by atoms with van der Waals surface area (Å²) in [4.78, 5) is 14.7. The molecule has 4 nitrogen and oxygen atoms in total. The van der Waals surface area contributed by atoms with E-state index in [0.29, 0.717) is 11.3 Å². The maximum absolute atomic E-state index is 10.8. The fraction of sp³-hybridized carbons (Fsp3) is 0.273. The molecule has 0 aliphatic carbocycles. The number of rotatable bonds is 2. The van der Waals surface area contributed by atoms with Crippen molar-refractivity contribution in [3.8, 4) is 17.6 Å². The van der Waals surface area contributed by atoms with Gasteiger partial charge in [0.1, 0.15) is 12.2 Å². The smallest absolute Gasteiger partial charge is 0.317 e. The number of esters is 1. The van der Waals surface area contributed by atoms with E-state index in [2.05, 4.69) is 21.6 Å². The molecule has 0 saturated carbocycles. The number of pyridine rings is 1. The van der Waals surface area contributed by atoms with Crippen LogP contribution in [0.3, 0.4) is 0 Å². The van der Waals surface area contributed by atoms with Gasteiger partial charge in [0.05, 0.1) is 19.8 Å². The average molecular weight is 205 g/mol. The molecule has 0 aliphatic rings. The minimum absolute atomic E-state index is 0.0640. The third-order valence-electron chi connectivity index (χ3n) is 1.68. The van der Waals surface area contributed by atoms with Gasteiger partial charge in [0.15, 0.2) is 0 Å². The lowest BCUT2D eigenvalue weighted by atomic mass is 10.2. The first kappa shape index (κ1) is 11.1. The Kier molecular flexibility index (Phi) is 4.17. The molecule has 0 amide bonds. The number of carbonyl (C=O) groups excluding carboxylic acids is 1. The van der Waals surface area contributed by atoms with E-state index in [0.717, 1.165) is 0 Å². The van der Waals surface area contributed by atoms with Crippen molar-refractivity contribution in [2.45, 2.75) is 6.42 Å². The fourth-order valence-corrected chi connectivity index (χ4v) is 0.937. The van der Waals surface area contributed by atoms with Gasteiger partial charge in [0.25, 0.3) is 0 Å². The van der Waals surface area contributed by atoms with Crippen LogP contribution in [-0.4, -0.2) is 25.2 Å². The summed E-state index contributed by atoms with van der Waals surface area (Å²) in [5.41, 5.74) is 0.656. The van der Waals surface area contributed by atoms with Crippen molar-refractivity contribution >= 4 is 5.97 Å². The Labute approximate surface area is 88.2 Å². The number of hydrogen-bond donors (Lipinski definition) is 0. The number of aromatic nitrogens is 1. The summed E-state index contributed by atoms with van der Waals surface area (Å²) in [5.74, 6) is 5.76. The Morgan fingerprint density at radius 2 is 2.33 bits per heavy atom. The SMILES string of the molecule is COC(=O)CC#Cc1cnccc1OC. The Balaban J connectivity index is 2.75. The maximum Gasteiger partial charge on any atom is 0.317 e. The van der Waals surface area contributed by atoms with Gasteiger partial charge in [-0.1, -0.05) is 11.8 Å². The largest absolute Gasteiger partial charge is 0.495 e. The molecule has 78 valence electrons. The molecule has 0 radical (unpaired) electrons. The highest BCUT2D eigenvalue weighted by Gasteiger charge is 1.98. The van der Waals surface area contributed by atoms with Crippen LogP contribution < -0.4 is 4.74 Å². The van der Waals surface area contributed by atoms with Gasteiger partial charge in [-0.15, -0.1) is 0 Å². The summed E-state index contributed by atoms with van der Waals surface area (Å²) in [7, 11) is 2.88. The minimum atomic E-state index is -0.356. The third kappa shape index (κ3) is 3.31. The minimum Gasteiger partial charge on any atom is -0.495 e. The van der Waals surface area contributed by atoms with Gasteiger partial charge < -0.3 is 9.47 Å². The normalized spacial score (nSPS) is 8.67. The molecular weight excluding hydrogens is 194 g/mol. The molecule has 0 N–H and O–H groups in total. The van der Waals surface area contributed by atoms with Crippen LogP contribution >= 0.6 is 0 Å². The van der Waals surface area contributed by atoms with E-state index < -0.39 is 0 Å². The lowest BCUT2D eigenvalue weighted by molar-refractivity contribution is -0.139. The number of methoxy groups -OCH3 is 2. The fourth-order valence-electron chi connectivity index (χ4n) is 0.937. The van der Waals surface area contributed by atoms with Crippen molar-refractivity contribution < 1.29 is 14.3 Å². The van der Waals surface area contributed by atoms with Gasteiger partial charge in [-0.2, -0.15) is 0 Å². The van der Waals surface area contributed by atoms with E-state index in [4.69, 9.17) is 4.74 Å². The van der Waals surface area contributed by atoms with Gasteiger partial charge in [0.2, 0.25) is 0 Å². The van der Waals surface area contributed by atoms with Gasteiger partial charge in [0, 0.05) is 12.4 Å². The summed E-state index contributed by atoms with van der Waals surface area (Å²) in [6, 6.07) is 1.71. The molecule has 0 saturated heterocycles. The van der Waals surface area contributed by atoms with E-state index in [9.17, 15) is 4.79 Å². The number of carbonyl (C=O) groups is 1. The number of nitrogens with zero attached hydrogens (tertiary/aromatic N) is 1. The molecule has 1 heterocycles. The van der Waals surface area contributed by atoms with Crippen LogP contribution in [0.15, 0.2) is 18.5 Å². The molecule has 0 bridgehead atoms. The average Bonchev–Trinajstić information content (AvgIpc) is 2.29. The first-order valence-electron chi connectivity index (χ1n) is 4.31. The molecule has 15 heavy (non-hydrogen) atoms. The predicted octanol–water partition coefficient (Wildman–Crippen LogP) is 1.00. The van der Waals surface area contributed by atoms with Gasteiger partial charge >= 0.3 is 5.97 Å². The highest BCUT2D eigenvalue weighted by atomic mass is 16.5. The van der Waals surface area contributed by atoms with Crippen LogP contribution in [0.1, 0.15) is 12.0 Å². The van der Waals surface area contributed by atoms with Crippen molar-refractivity contribution in [1.82, 2.24) is 4.98 Å². The summed E-state index contributed by atoms with van der Waals surface area (Å²) in [6.07, 6.45) is 3.27. The Morgan fingerprint density at radius 3 is 3.00 bits per heavy atom. The monoisotopic (exact) mass is 205 g/mol. The van der Waals surface area contributed by atoms with E-state index in [1.807, 2.05) is 0 Å². The van der Waals surface area contributed by atoms with Crippen molar-refractivity contribution in [2.24, 2.45) is 0 Å². The zero-order chi connectivity index (χ0) is 11.1. The molecule has 4 heteroatoms. The predicted molar refractivity (Wildman–Crippen MR) is 54.3 cm³/mol. The van der Waals surface area contributed by atoms with Crippen molar-refractivity contribution in [2.75, 3.05) is 14.2 Å². The first-order chi connectivity index (χ1) is 7.27. The van der Waals surface area contributed by atoms with Crippen molar-refractivity contribution in [1.29, 1.82) is 0 Å². The second-order valence-corrected chi connectivity index (χ2v) is 2.63. The van der Waals surface area contributed by atoms with Gasteiger partial charge in [-0.3, -0.25) is 9.78 Å². The summed E-state index contributed by atoms with van der Waals surface area (Å²) < 4.78 is 9.53. The molecule has 1 aromatic rings. The molecule has 1 aromatic heterocycles. The molecule has 0 aliphatic heterocycles. The number of ether oxygens (including phenoxy) is 2. The Hall–Kier alpha value is -2.02. The van der Waals surface area contributed by atoms with Crippen LogP contribution in [0.5, 0.6) is 5.75 Å². The molecule has 0 fully saturated rings. The van der Waals surface area contributed by atoms with E-state index in [1.165, 1.54) is 7.11 Å². The zero-order valence-corrected chi connectivity index (χ0v) is 8.61. The molecule has 0 aromatic carbocycles. The van der Waals surface area contributed by atoms with E-state index in [1.54, 1.807) is 25.6 Å². The first-order valence-corrected chi connectivity index (χ1v) is 4.31. The topological polar surface area (TPSA) is 48.4 Å². The molecule has 0 unspecified atom stereocenters. The van der Waals surface area contributed by atoms with Crippen LogP contribution in [0.25, 0.3) is 0 Å². The second-order valence-electron chi connectivity index (χ2n) is 2.63. The summed E-state index contributed by atoms with van der Waals surface area (Å²) in [5, 5.41) is 0. The molecule has 0 atom stereocenters. The van der Waals surface area contributed by atoms with Crippen LogP contribution in [0.2, 0.25) is 0 Å². The lowest BCUT2D eigenvalue weighted by Gasteiger charge is -2.00.